The second-order valence-corrected chi connectivity index (χ2v) is 7.56. The zero-order valence-electron chi connectivity index (χ0n) is 13.6. The fourth-order valence-electron chi connectivity index (χ4n) is 2.79. The van der Waals surface area contributed by atoms with Gasteiger partial charge >= 0.3 is 5.97 Å². The first-order chi connectivity index (χ1) is 11.7. The Bertz CT molecular complexity index is 693. The monoisotopic (exact) mass is 409 g/mol. The summed E-state index contributed by atoms with van der Waals surface area (Å²) in [5.74, 6) is 0.176. The van der Waals surface area contributed by atoms with Gasteiger partial charge in [0, 0.05) is 11.9 Å². The average Bonchev–Trinajstić information content (AvgIpc) is 3.23. The van der Waals surface area contributed by atoms with Crippen molar-refractivity contribution in [3.05, 3.63) is 50.1 Å². The Balaban J connectivity index is 1.60. The highest BCUT2D eigenvalue weighted by Crippen LogP contribution is 2.36. The Kier molecular flexibility index (Phi) is 5.92. The number of likely N-dealkylation sites (tertiary alicyclic amines) is 1. The first-order valence-corrected chi connectivity index (χ1v) is 9.63. The zero-order chi connectivity index (χ0) is 16.9. The number of thiophene rings is 1. The first kappa shape index (κ1) is 17.5. The molecule has 1 aliphatic rings. The highest BCUT2D eigenvalue weighted by molar-refractivity contribution is 9.10. The van der Waals surface area contributed by atoms with Crippen LogP contribution in [0.2, 0.25) is 0 Å². The summed E-state index contributed by atoms with van der Waals surface area (Å²) in [6.07, 6.45) is 2.62. The van der Waals surface area contributed by atoms with E-state index < -0.39 is 0 Å². The van der Waals surface area contributed by atoms with Crippen LogP contribution in [-0.4, -0.2) is 31.1 Å². The van der Waals surface area contributed by atoms with E-state index >= 15 is 0 Å². The van der Waals surface area contributed by atoms with Crippen LogP contribution in [0.5, 0.6) is 5.75 Å². The largest absolute Gasteiger partial charge is 0.486 e. The Hall–Kier alpha value is -1.37. The molecule has 1 aromatic carbocycles. The summed E-state index contributed by atoms with van der Waals surface area (Å²) in [4.78, 5) is 14.7. The molecule has 0 radical (unpaired) electrons. The molecule has 0 aliphatic carbocycles. The molecule has 2 aromatic rings. The van der Waals surface area contributed by atoms with E-state index in [1.807, 2.05) is 5.38 Å². The number of methoxy groups -OCH3 is 1. The van der Waals surface area contributed by atoms with Crippen LogP contribution in [0.15, 0.2) is 34.1 Å². The van der Waals surface area contributed by atoms with Crippen molar-refractivity contribution in [3.63, 3.8) is 0 Å². The topological polar surface area (TPSA) is 38.8 Å². The summed E-state index contributed by atoms with van der Waals surface area (Å²) in [7, 11) is 1.37. The van der Waals surface area contributed by atoms with Gasteiger partial charge in [-0.3, -0.25) is 4.90 Å². The van der Waals surface area contributed by atoms with Gasteiger partial charge < -0.3 is 9.47 Å². The van der Waals surface area contributed by atoms with E-state index in [-0.39, 0.29) is 5.97 Å². The van der Waals surface area contributed by atoms with Gasteiger partial charge in [-0.1, -0.05) is 24.3 Å². The third kappa shape index (κ3) is 4.18. The van der Waals surface area contributed by atoms with Crippen molar-refractivity contribution in [2.24, 2.45) is 0 Å². The van der Waals surface area contributed by atoms with E-state index in [9.17, 15) is 4.79 Å². The summed E-state index contributed by atoms with van der Waals surface area (Å²) in [6, 6.07) is 8.48. The van der Waals surface area contributed by atoms with Crippen molar-refractivity contribution < 1.29 is 14.3 Å². The Morgan fingerprint density at radius 1 is 1.21 bits per heavy atom. The molecule has 0 amide bonds. The van der Waals surface area contributed by atoms with E-state index in [1.54, 1.807) is 0 Å². The van der Waals surface area contributed by atoms with Gasteiger partial charge in [0.2, 0.25) is 0 Å². The number of hydrogen-bond donors (Lipinski definition) is 0. The van der Waals surface area contributed by atoms with E-state index in [0.717, 1.165) is 16.6 Å². The smallest absolute Gasteiger partial charge is 0.351 e. The Morgan fingerprint density at radius 3 is 2.54 bits per heavy atom. The molecule has 0 spiro atoms. The molecule has 4 nitrogen and oxygen atoms in total. The van der Waals surface area contributed by atoms with Crippen LogP contribution in [-0.2, 0) is 17.9 Å². The van der Waals surface area contributed by atoms with E-state index in [2.05, 4.69) is 45.1 Å². The van der Waals surface area contributed by atoms with Crippen LogP contribution in [0.3, 0.4) is 0 Å². The zero-order valence-corrected chi connectivity index (χ0v) is 16.0. The minimum atomic E-state index is -0.373. The fourth-order valence-corrected chi connectivity index (χ4v) is 4.30. The van der Waals surface area contributed by atoms with Crippen molar-refractivity contribution in [2.75, 3.05) is 20.2 Å². The second kappa shape index (κ2) is 8.14. The van der Waals surface area contributed by atoms with Crippen LogP contribution in [0.1, 0.15) is 33.6 Å². The lowest BCUT2D eigenvalue weighted by Crippen LogP contribution is -2.18. The number of hydrogen-bond acceptors (Lipinski definition) is 5. The molecule has 1 fully saturated rings. The first-order valence-electron chi connectivity index (χ1n) is 7.95. The van der Waals surface area contributed by atoms with Gasteiger partial charge in [-0.05, 0) is 53.0 Å². The number of carbonyl (C=O) groups is 1. The minimum Gasteiger partial charge on any atom is -0.486 e. The number of carbonyl (C=O) groups excluding carboxylic acids is 1. The van der Waals surface area contributed by atoms with Crippen molar-refractivity contribution in [1.82, 2.24) is 4.90 Å². The number of benzene rings is 1. The lowest BCUT2D eigenvalue weighted by molar-refractivity contribution is 0.0601. The minimum absolute atomic E-state index is 0.373. The van der Waals surface area contributed by atoms with Crippen LogP contribution in [0.4, 0.5) is 0 Å². The number of halogens is 1. The molecule has 2 heterocycles. The molecular weight excluding hydrogens is 390 g/mol. The van der Waals surface area contributed by atoms with Crippen LogP contribution in [0, 0.1) is 0 Å². The molecule has 0 N–H and O–H groups in total. The predicted octanol–water partition coefficient (Wildman–Crippen LogP) is 4.47. The molecule has 1 saturated heterocycles. The number of esters is 1. The Labute approximate surface area is 154 Å². The molecule has 1 aromatic heterocycles. The second-order valence-electron chi connectivity index (χ2n) is 5.82. The number of rotatable bonds is 6. The lowest BCUT2D eigenvalue weighted by atomic mass is 10.1. The normalized spacial score (nSPS) is 14.8. The maximum Gasteiger partial charge on any atom is 0.351 e. The van der Waals surface area contributed by atoms with E-state index in [0.29, 0.717) is 17.2 Å². The van der Waals surface area contributed by atoms with Gasteiger partial charge in [0.15, 0.2) is 10.6 Å². The van der Waals surface area contributed by atoms with Crippen molar-refractivity contribution in [1.29, 1.82) is 0 Å². The standard InChI is InChI=1S/C18H20BrNO3S/c1-22-18(21)17-16(15(19)12-24-17)23-11-14-6-4-13(5-7-14)10-20-8-2-3-9-20/h4-7,12H,2-3,8-11H2,1H3. The van der Waals surface area contributed by atoms with Gasteiger partial charge in [0.1, 0.15) is 6.61 Å². The summed E-state index contributed by atoms with van der Waals surface area (Å²) >= 11 is 4.73. The molecule has 3 rings (SSSR count). The predicted molar refractivity (Wildman–Crippen MR) is 98.6 cm³/mol. The van der Waals surface area contributed by atoms with Gasteiger partial charge in [0.25, 0.3) is 0 Å². The van der Waals surface area contributed by atoms with E-state index in [4.69, 9.17) is 9.47 Å². The third-order valence-corrected chi connectivity index (χ3v) is 5.92. The molecule has 0 atom stereocenters. The van der Waals surface area contributed by atoms with Gasteiger partial charge in [-0.25, -0.2) is 4.79 Å². The molecule has 1 aliphatic heterocycles. The molecule has 24 heavy (non-hydrogen) atoms. The molecule has 0 unspecified atom stereocenters. The van der Waals surface area contributed by atoms with Crippen molar-refractivity contribution in [3.8, 4) is 5.75 Å². The molecule has 128 valence electrons. The quantitative estimate of drug-likeness (QED) is 0.659. The molecular formula is C18H20BrNO3S. The summed E-state index contributed by atoms with van der Waals surface area (Å²) in [5, 5.41) is 1.83. The number of nitrogens with zero attached hydrogens (tertiary/aromatic N) is 1. The maximum absolute atomic E-state index is 11.8. The van der Waals surface area contributed by atoms with Crippen LogP contribution in [0.25, 0.3) is 0 Å². The lowest BCUT2D eigenvalue weighted by Gasteiger charge is -2.14. The van der Waals surface area contributed by atoms with Crippen LogP contribution >= 0.6 is 27.3 Å². The summed E-state index contributed by atoms with van der Waals surface area (Å²) in [5.41, 5.74) is 2.40. The molecule has 6 heteroatoms. The summed E-state index contributed by atoms with van der Waals surface area (Å²) < 4.78 is 11.4. The maximum atomic E-state index is 11.8. The SMILES string of the molecule is COC(=O)c1scc(Br)c1OCc1ccc(CN2CCCC2)cc1. The van der Waals surface area contributed by atoms with Crippen molar-refractivity contribution >= 4 is 33.2 Å². The average molecular weight is 410 g/mol. The highest BCUT2D eigenvalue weighted by Gasteiger charge is 2.19. The number of ether oxygens (including phenoxy) is 2. The van der Waals surface area contributed by atoms with Crippen molar-refractivity contribution in [2.45, 2.75) is 26.0 Å². The van der Waals surface area contributed by atoms with Gasteiger partial charge in [-0.2, -0.15) is 0 Å². The van der Waals surface area contributed by atoms with E-state index in [1.165, 1.54) is 49.9 Å². The van der Waals surface area contributed by atoms with Crippen LogP contribution < -0.4 is 4.74 Å². The van der Waals surface area contributed by atoms with Gasteiger partial charge in [-0.15, -0.1) is 11.3 Å². The molecule has 0 saturated carbocycles. The van der Waals surface area contributed by atoms with Gasteiger partial charge in [0.05, 0.1) is 11.6 Å². The third-order valence-electron chi connectivity index (χ3n) is 4.09. The summed E-state index contributed by atoms with van der Waals surface area (Å²) in [6.45, 7) is 3.84. The highest BCUT2D eigenvalue weighted by atomic mass is 79.9. The molecule has 0 bridgehead atoms. The Morgan fingerprint density at radius 2 is 1.88 bits per heavy atom. The fraction of sp³-hybridized carbons (Fsp3) is 0.389.